The second-order valence-corrected chi connectivity index (χ2v) is 5.55. The van der Waals surface area contributed by atoms with Crippen molar-refractivity contribution in [2.75, 3.05) is 16.6 Å². The third kappa shape index (κ3) is 3.78. The fourth-order valence-electron chi connectivity index (χ4n) is 2.38. The fraction of sp³-hybridized carbons (Fsp3) is 0. The molecule has 0 radical (unpaired) electrons. The van der Waals surface area contributed by atoms with E-state index < -0.39 is 4.92 Å². The molecule has 3 aromatic rings. The molecule has 4 N–H and O–H groups in total. The highest BCUT2D eigenvalue weighted by Gasteiger charge is 2.09. The summed E-state index contributed by atoms with van der Waals surface area (Å²) in [6.07, 6.45) is 0. The van der Waals surface area contributed by atoms with Crippen LogP contribution in [0.5, 0.6) is 0 Å². The molecule has 0 unspecified atom stereocenters. The first-order valence-corrected chi connectivity index (χ1v) is 7.80. The fourth-order valence-corrected chi connectivity index (χ4v) is 2.38. The Morgan fingerprint density at radius 1 is 0.885 bits per heavy atom. The van der Waals surface area contributed by atoms with Crippen molar-refractivity contribution in [1.29, 1.82) is 0 Å². The van der Waals surface area contributed by atoms with Gasteiger partial charge in [-0.3, -0.25) is 20.3 Å². The van der Waals surface area contributed by atoms with Crippen molar-refractivity contribution >= 4 is 28.5 Å². The van der Waals surface area contributed by atoms with E-state index in [-0.39, 0.29) is 17.2 Å². The minimum atomic E-state index is -0.504. The molecule has 0 aliphatic carbocycles. The third-order valence-electron chi connectivity index (χ3n) is 3.77. The Hall–Kier alpha value is -3.87. The van der Waals surface area contributed by atoms with Crippen LogP contribution < -0.4 is 16.6 Å². The van der Waals surface area contributed by atoms with Gasteiger partial charge in [-0.05, 0) is 30.3 Å². The van der Waals surface area contributed by atoms with E-state index in [1.54, 1.807) is 36.4 Å². The molecule has 0 atom stereocenters. The monoisotopic (exact) mass is 348 g/mol. The molecule has 0 aliphatic rings. The number of anilines is 3. The normalized spacial score (nSPS) is 10.2. The number of nitrogens with one attached hydrogen (secondary N) is 2. The minimum absolute atomic E-state index is 0.0512. The number of nitrogens with zero attached hydrogens (tertiary/aromatic N) is 1. The summed E-state index contributed by atoms with van der Waals surface area (Å²) < 4.78 is 0. The molecule has 3 rings (SSSR count). The van der Waals surface area contributed by atoms with Crippen LogP contribution in [-0.4, -0.2) is 10.7 Å². The molecule has 0 saturated heterocycles. The lowest BCUT2D eigenvalue weighted by molar-refractivity contribution is -0.384. The largest absolute Gasteiger partial charge is 0.397 e. The van der Waals surface area contributed by atoms with E-state index in [4.69, 9.17) is 5.73 Å². The Balaban J connectivity index is 1.67. The zero-order valence-corrected chi connectivity index (χ0v) is 13.7. The average molecular weight is 348 g/mol. The highest BCUT2D eigenvalue weighted by atomic mass is 16.6. The van der Waals surface area contributed by atoms with E-state index in [0.29, 0.717) is 22.5 Å². The summed E-state index contributed by atoms with van der Waals surface area (Å²) in [5.74, 6) is -0.0512. The van der Waals surface area contributed by atoms with E-state index in [9.17, 15) is 14.9 Å². The van der Waals surface area contributed by atoms with Crippen LogP contribution in [-0.2, 0) is 0 Å². The molecule has 7 heteroatoms. The van der Waals surface area contributed by atoms with Crippen molar-refractivity contribution in [3.63, 3.8) is 0 Å². The van der Waals surface area contributed by atoms with Gasteiger partial charge < -0.3 is 11.2 Å². The standard InChI is InChI=1S/C19H16N4O3/c20-17-12-16(23(25)26)10-11-18(17)22-21-15-8-6-14(7-9-15)19(24)13-4-2-1-3-5-13/h1-12,21-22H,20H2. The van der Waals surface area contributed by atoms with Crippen LogP contribution in [0.2, 0.25) is 0 Å². The number of ketones is 1. The number of carbonyl (C=O) groups excluding carboxylic acids is 1. The molecule has 0 amide bonds. The maximum atomic E-state index is 12.4. The van der Waals surface area contributed by atoms with Gasteiger partial charge in [0, 0.05) is 23.3 Å². The zero-order valence-electron chi connectivity index (χ0n) is 13.7. The first kappa shape index (κ1) is 17.0. The number of nitro groups is 1. The minimum Gasteiger partial charge on any atom is -0.397 e. The van der Waals surface area contributed by atoms with Crippen LogP contribution in [0.1, 0.15) is 15.9 Å². The first-order chi connectivity index (χ1) is 12.5. The summed E-state index contributed by atoms with van der Waals surface area (Å²) in [5, 5.41) is 10.7. The van der Waals surface area contributed by atoms with Gasteiger partial charge in [-0.2, -0.15) is 0 Å². The van der Waals surface area contributed by atoms with Crippen LogP contribution in [0.4, 0.5) is 22.7 Å². The van der Waals surface area contributed by atoms with Crippen LogP contribution >= 0.6 is 0 Å². The van der Waals surface area contributed by atoms with Crippen LogP contribution in [0, 0.1) is 10.1 Å². The lowest BCUT2D eigenvalue weighted by atomic mass is 10.0. The molecular formula is C19H16N4O3. The number of hydrogen-bond donors (Lipinski definition) is 3. The van der Waals surface area contributed by atoms with Gasteiger partial charge in [-0.25, -0.2) is 0 Å². The summed E-state index contributed by atoms with van der Waals surface area (Å²) in [5.41, 5.74) is 14.3. The molecule has 7 nitrogen and oxygen atoms in total. The summed E-state index contributed by atoms with van der Waals surface area (Å²) in [4.78, 5) is 22.6. The van der Waals surface area contributed by atoms with Crippen molar-refractivity contribution in [2.24, 2.45) is 0 Å². The Morgan fingerprint density at radius 2 is 1.54 bits per heavy atom. The second-order valence-electron chi connectivity index (χ2n) is 5.55. The Kier molecular flexibility index (Phi) is 4.80. The Bertz CT molecular complexity index is 941. The number of carbonyl (C=O) groups is 1. The average Bonchev–Trinajstić information content (AvgIpc) is 2.67. The van der Waals surface area contributed by atoms with E-state index >= 15 is 0 Å². The predicted molar refractivity (Wildman–Crippen MR) is 101 cm³/mol. The molecule has 0 spiro atoms. The van der Waals surface area contributed by atoms with Gasteiger partial charge in [0.1, 0.15) is 0 Å². The summed E-state index contributed by atoms with van der Waals surface area (Å²) in [7, 11) is 0. The quantitative estimate of drug-likeness (QED) is 0.270. The topological polar surface area (TPSA) is 110 Å². The van der Waals surface area contributed by atoms with Crippen LogP contribution in [0.3, 0.4) is 0 Å². The maximum absolute atomic E-state index is 12.4. The van der Waals surface area contributed by atoms with Gasteiger partial charge >= 0.3 is 0 Å². The summed E-state index contributed by atoms with van der Waals surface area (Å²) >= 11 is 0. The van der Waals surface area contributed by atoms with Crippen LogP contribution in [0.15, 0.2) is 72.8 Å². The van der Waals surface area contributed by atoms with Crippen molar-refractivity contribution in [2.45, 2.75) is 0 Å². The second kappa shape index (κ2) is 7.35. The lowest BCUT2D eigenvalue weighted by Gasteiger charge is -2.12. The van der Waals surface area contributed by atoms with E-state index in [1.807, 2.05) is 18.2 Å². The van der Waals surface area contributed by atoms with E-state index in [2.05, 4.69) is 10.9 Å². The van der Waals surface area contributed by atoms with E-state index in [1.165, 1.54) is 18.2 Å². The molecule has 0 aromatic heterocycles. The zero-order chi connectivity index (χ0) is 18.5. The highest BCUT2D eigenvalue weighted by molar-refractivity contribution is 6.09. The molecule has 0 saturated carbocycles. The van der Waals surface area contributed by atoms with Crippen molar-refractivity contribution in [3.05, 3.63) is 94.0 Å². The first-order valence-electron chi connectivity index (χ1n) is 7.80. The number of rotatable bonds is 6. The van der Waals surface area contributed by atoms with Gasteiger partial charge in [-0.1, -0.05) is 30.3 Å². The lowest BCUT2D eigenvalue weighted by Crippen LogP contribution is -2.11. The van der Waals surface area contributed by atoms with Gasteiger partial charge in [0.05, 0.1) is 22.0 Å². The van der Waals surface area contributed by atoms with Crippen molar-refractivity contribution < 1.29 is 9.72 Å². The maximum Gasteiger partial charge on any atom is 0.271 e. The van der Waals surface area contributed by atoms with Gasteiger partial charge in [0.2, 0.25) is 0 Å². The van der Waals surface area contributed by atoms with Crippen molar-refractivity contribution in [3.8, 4) is 0 Å². The molecule has 0 heterocycles. The molecule has 130 valence electrons. The number of nitrogen functional groups attached to an aromatic ring is 1. The molecule has 0 fully saturated rings. The molecule has 0 bridgehead atoms. The molecular weight excluding hydrogens is 332 g/mol. The number of nitro benzene ring substituents is 1. The summed E-state index contributed by atoms with van der Waals surface area (Å²) in [6.45, 7) is 0. The number of hydrogen-bond acceptors (Lipinski definition) is 6. The molecule has 3 aromatic carbocycles. The smallest absolute Gasteiger partial charge is 0.271 e. The third-order valence-corrected chi connectivity index (χ3v) is 3.77. The van der Waals surface area contributed by atoms with Gasteiger partial charge in [0.15, 0.2) is 5.78 Å². The van der Waals surface area contributed by atoms with E-state index in [0.717, 1.165) is 0 Å². The van der Waals surface area contributed by atoms with Crippen LogP contribution in [0.25, 0.3) is 0 Å². The number of non-ortho nitro benzene ring substituents is 1. The highest BCUT2D eigenvalue weighted by Crippen LogP contribution is 2.24. The van der Waals surface area contributed by atoms with Gasteiger partial charge in [-0.15, -0.1) is 0 Å². The van der Waals surface area contributed by atoms with Crippen molar-refractivity contribution in [1.82, 2.24) is 0 Å². The SMILES string of the molecule is Nc1cc([N+](=O)[O-])ccc1NNc1ccc(C(=O)c2ccccc2)cc1. The Labute approximate surface area is 149 Å². The molecule has 26 heavy (non-hydrogen) atoms. The molecule has 0 aliphatic heterocycles. The number of nitrogens with two attached hydrogens (primary N) is 1. The van der Waals surface area contributed by atoms with Gasteiger partial charge in [0.25, 0.3) is 5.69 Å². The number of hydrazine groups is 1. The Morgan fingerprint density at radius 3 is 2.15 bits per heavy atom. The predicted octanol–water partition coefficient (Wildman–Crippen LogP) is 3.85. The number of benzene rings is 3. The summed E-state index contributed by atoms with van der Waals surface area (Å²) in [6, 6.07) is 20.2.